The number of piperidine rings is 1. The summed E-state index contributed by atoms with van der Waals surface area (Å²) in [4.78, 5) is 32.1. The van der Waals surface area contributed by atoms with E-state index in [9.17, 15) is 9.59 Å². The molecule has 1 aliphatic heterocycles. The first-order valence-corrected chi connectivity index (χ1v) is 11.8. The number of hydrogen-bond donors (Lipinski definition) is 1. The first-order valence-electron chi connectivity index (χ1n) is 11.4. The van der Waals surface area contributed by atoms with Crippen molar-refractivity contribution >= 4 is 29.2 Å². The maximum atomic E-state index is 13.2. The number of methoxy groups -OCH3 is 3. The lowest BCUT2D eigenvalue weighted by atomic mass is 9.96. The first kappa shape index (κ1) is 25.5. The van der Waals surface area contributed by atoms with Crippen molar-refractivity contribution in [2.75, 3.05) is 39.7 Å². The minimum absolute atomic E-state index is 0.175. The Bertz CT molecular complexity index is 1250. The van der Waals surface area contributed by atoms with Crippen molar-refractivity contribution in [1.29, 1.82) is 0 Å². The average molecular weight is 515 g/mol. The molecule has 3 aromatic rings. The number of nitrogens with zero attached hydrogens (tertiary/aromatic N) is 3. The third-order valence-corrected chi connectivity index (χ3v) is 6.33. The second-order valence-corrected chi connectivity index (χ2v) is 8.71. The highest BCUT2D eigenvalue weighted by atomic mass is 35.5. The van der Waals surface area contributed by atoms with Gasteiger partial charge in [-0.2, -0.15) is 4.98 Å². The van der Waals surface area contributed by atoms with Crippen molar-refractivity contribution < 1.29 is 28.3 Å². The smallest absolute Gasteiger partial charge is 0.340 e. The van der Waals surface area contributed by atoms with Crippen LogP contribution in [0.3, 0.4) is 0 Å². The fourth-order valence-corrected chi connectivity index (χ4v) is 4.39. The van der Waals surface area contributed by atoms with Crippen LogP contribution in [0.15, 0.2) is 40.9 Å². The van der Waals surface area contributed by atoms with E-state index in [4.69, 9.17) is 30.3 Å². The summed E-state index contributed by atoms with van der Waals surface area (Å²) in [5, 5.41) is 7.46. The monoisotopic (exact) mass is 514 g/mol. The number of aromatic nitrogens is 2. The second kappa shape index (κ2) is 11.4. The Hall–Kier alpha value is -3.63. The quantitative estimate of drug-likeness (QED) is 0.444. The molecule has 1 amide bonds. The van der Waals surface area contributed by atoms with Crippen LogP contribution >= 0.6 is 11.6 Å². The number of carbonyl (C=O) groups is 2. The molecule has 0 spiro atoms. The minimum atomic E-state index is -0.595. The number of anilines is 1. The average Bonchev–Trinajstić information content (AvgIpc) is 3.36. The molecule has 11 heteroatoms. The summed E-state index contributed by atoms with van der Waals surface area (Å²) in [6.07, 6.45) is 1.53. The van der Waals surface area contributed by atoms with Crippen LogP contribution in [0, 0.1) is 5.92 Å². The van der Waals surface area contributed by atoms with E-state index in [1.165, 1.54) is 27.4 Å². The Morgan fingerprint density at radius 2 is 1.92 bits per heavy atom. The summed E-state index contributed by atoms with van der Waals surface area (Å²) in [7, 11) is 4.22. The molecule has 10 nitrogen and oxygen atoms in total. The van der Waals surface area contributed by atoms with Crippen molar-refractivity contribution in [2.24, 2.45) is 5.92 Å². The van der Waals surface area contributed by atoms with Crippen molar-refractivity contribution in [3.63, 3.8) is 0 Å². The highest BCUT2D eigenvalue weighted by Crippen LogP contribution is 2.34. The summed E-state index contributed by atoms with van der Waals surface area (Å²) >= 11 is 6.24. The second-order valence-electron chi connectivity index (χ2n) is 8.30. The van der Waals surface area contributed by atoms with Crippen molar-refractivity contribution in [3.8, 4) is 22.9 Å². The van der Waals surface area contributed by atoms with Gasteiger partial charge < -0.3 is 24.1 Å². The van der Waals surface area contributed by atoms with Crippen molar-refractivity contribution in [3.05, 3.63) is 52.9 Å². The molecule has 1 atom stereocenters. The van der Waals surface area contributed by atoms with Crippen LogP contribution in [0.5, 0.6) is 11.5 Å². The Morgan fingerprint density at radius 3 is 2.64 bits per heavy atom. The molecule has 1 saturated heterocycles. The van der Waals surface area contributed by atoms with Crippen molar-refractivity contribution in [2.45, 2.75) is 19.4 Å². The van der Waals surface area contributed by atoms with Gasteiger partial charge in [-0.25, -0.2) is 4.79 Å². The molecular weight excluding hydrogens is 488 g/mol. The van der Waals surface area contributed by atoms with Gasteiger partial charge in [-0.15, -0.1) is 0 Å². The Kier molecular flexibility index (Phi) is 8.07. The van der Waals surface area contributed by atoms with Gasteiger partial charge in [0.05, 0.1) is 50.1 Å². The maximum absolute atomic E-state index is 13.2. The number of esters is 1. The Balaban J connectivity index is 1.45. The zero-order valence-electron chi connectivity index (χ0n) is 20.2. The molecule has 1 aliphatic rings. The molecule has 0 bridgehead atoms. The lowest BCUT2D eigenvalue weighted by Crippen LogP contribution is -2.40. The molecule has 190 valence electrons. The van der Waals surface area contributed by atoms with Crippen LogP contribution in [0.1, 0.15) is 29.1 Å². The summed E-state index contributed by atoms with van der Waals surface area (Å²) in [5.41, 5.74) is 1.17. The van der Waals surface area contributed by atoms with Gasteiger partial charge in [0.2, 0.25) is 17.6 Å². The number of nitrogens with one attached hydrogen (secondary N) is 1. The number of benzene rings is 2. The number of rotatable bonds is 8. The molecular formula is C25H27ClN4O6. The van der Waals surface area contributed by atoms with Gasteiger partial charge in [-0.05, 0) is 31.5 Å². The number of carbonyl (C=O) groups excluding carboxylic acids is 2. The lowest BCUT2D eigenvalue weighted by molar-refractivity contribution is -0.121. The normalized spacial score (nSPS) is 15.8. The highest BCUT2D eigenvalue weighted by Gasteiger charge is 2.29. The lowest BCUT2D eigenvalue weighted by Gasteiger charge is -2.31. The van der Waals surface area contributed by atoms with E-state index in [-0.39, 0.29) is 17.4 Å². The molecule has 1 unspecified atom stereocenters. The summed E-state index contributed by atoms with van der Waals surface area (Å²) < 4.78 is 20.9. The van der Waals surface area contributed by atoms with Gasteiger partial charge in [-0.3, -0.25) is 9.69 Å². The van der Waals surface area contributed by atoms with E-state index in [0.717, 1.165) is 13.0 Å². The molecule has 1 fully saturated rings. The zero-order valence-corrected chi connectivity index (χ0v) is 21.0. The van der Waals surface area contributed by atoms with Gasteiger partial charge in [-0.1, -0.05) is 28.9 Å². The third kappa shape index (κ3) is 5.60. The third-order valence-electron chi connectivity index (χ3n) is 6.00. The first-order chi connectivity index (χ1) is 17.4. The van der Waals surface area contributed by atoms with E-state index < -0.39 is 5.97 Å². The van der Waals surface area contributed by atoms with Crippen LogP contribution in [-0.4, -0.2) is 61.3 Å². The van der Waals surface area contributed by atoms with E-state index in [0.29, 0.717) is 59.0 Å². The molecule has 2 heterocycles. The van der Waals surface area contributed by atoms with Crippen LogP contribution in [0.25, 0.3) is 11.4 Å². The number of hydrogen-bond acceptors (Lipinski definition) is 9. The fourth-order valence-electron chi connectivity index (χ4n) is 4.17. The van der Waals surface area contributed by atoms with Crippen LogP contribution in [0.2, 0.25) is 5.02 Å². The fraction of sp³-hybridized carbons (Fsp3) is 0.360. The van der Waals surface area contributed by atoms with Crippen LogP contribution in [-0.2, 0) is 16.1 Å². The largest absolute Gasteiger partial charge is 0.493 e. The van der Waals surface area contributed by atoms with Gasteiger partial charge in [0.25, 0.3) is 0 Å². The predicted molar refractivity (Wildman–Crippen MR) is 132 cm³/mol. The zero-order chi connectivity index (χ0) is 25.7. The van der Waals surface area contributed by atoms with E-state index >= 15 is 0 Å². The topological polar surface area (TPSA) is 116 Å². The van der Waals surface area contributed by atoms with Crippen LogP contribution < -0.4 is 14.8 Å². The number of halogens is 1. The molecule has 1 N–H and O–H groups in total. The Morgan fingerprint density at radius 1 is 1.17 bits per heavy atom. The summed E-state index contributed by atoms with van der Waals surface area (Å²) in [6.45, 7) is 1.69. The molecule has 0 radical (unpaired) electrons. The van der Waals surface area contributed by atoms with E-state index in [1.54, 1.807) is 12.1 Å². The van der Waals surface area contributed by atoms with Crippen LogP contribution in [0.4, 0.5) is 5.69 Å². The number of ether oxygens (including phenoxy) is 3. The Labute approximate surface area is 213 Å². The number of amides is 1. The van der Waals surface area contributed by atoms with Gasteiger partial charge in [0.15, 0.2) is 11.5 Å². The SMILES string of the molecule is COC(=O)c1cc(OC)c(OC)cc1NC(=O)C1CCCN(Cc2nc(-c3ccccc3Cl)no2)C1. The molecule has 0 saturated carbocycles. The van der Waals surface area contributed by atoms with Gasteiger partial charge >= 0.3 is 5.97 Å². The summed E-state index contributed by atoms with van der Waals surface area (Å²) in [6, 6.07) is 10.3. The maximum Gasteiger partial charge on any atom is 0.340 e. The molecule has 0 aliphatic carbocycles. The molecule has 36 heavy (non-hydrogen) atoms. The molecule has 1 aromatic heterocycles. The standard InChI is InChI=1S/C25H27ClN4O6/c1-33-20-11-17(25(32)35-3)19(12-21(20)34-2)27-24(31)15-7-6-10-30(13-15)14-22-28-23(29-36-22)16-8-4-5-9-18(16)26/h4-5,8-9,11-12,15H,6-7,10,13-14H2,1-3H3,(H,27,31). The van der Waals surface area contributed by atoms with Gasteiger partial charge in [0, 0.05) is 24.2 Å². The molecule has 4 rings (SSSR count). The highest BCUT2D eigenvalue weighted by molar-refractivity contribution is 6.33. The van der Waals surface area contributed by atoms with E-state index in [2.05, 4.69) is 20.4 Å². The van der Waals surface area contributed by atoms with Gasteiger partial charge in [0.1, 0.15) is 0 Å². The summed E-state index contributed by atoms with van der Waals surface area (Å²) in [5.74, 6) is 0.501. The molecule has 2 aromatic carbocycles. The van der Waals surface area contributed by atoms with E-state index in [1.807, 2.05) is 18.2 Å². The van der Waals surface area contributed by atoms with Crippen molar-refractivity contribution in [1.82, 2.24) is 15.0 Å². The predicted octanol–water partition coefficient (Wildman–Crippen LogP) is 4.04. The number of likely N-dealkylation sites (tertiary alicyclic amines) is 1. The minimum Gasteiger partial charge on any atom is -0.493 e.